The molecule has 0 heterocycles. The Morgan fingerprint density at radius 2 is 0.375 bits per heavy atom. The Morgan fingerprint density at radius 1 is 0.222 bits per heavy atom. The van der Waals surface area contributed by atoms with Gasteiger partial charge in [0.25, 0.3) is 0 Å². The summed E-state index contributed by atoms with van der Waals surface area (Å²) in [6.07, 6.45) is 71.1. The van der Waals surface area contributed by atoms with E-state index in [9.17, 15) is 14.4 Å². The second-order valence-electron chi connectivity index (χ2n) is 22.8. The molecule has 0 aliphatic rings. The minimum absolute atomic E-state index is 0.0603. The maximum absolute atomic E-state index is 12.9. The second kappa shape index (κ2) is 62.0. The number of carbonyl (C=O) groups is 3. The molecular formula is C66H128O6. The lowest BCUT2D eigenvalue weighted by molar-refractivity contribution is -0.167. The normalized spacial score (nSPS) is 11.9. The lowest BCUT2D eigenvalue weighted by atomic mass is 10.0. The van der Waals surface area contributed by atoms with Gasteiger partial charge in [0.2, 0.25) is 0 Å². The van der Waals surface area contributed by atoms with Crippen LogP contribution in [0.3, 0.4) is 0 Å². The van der Waals surface area contributed by atoms with Gasteiger partial charge < -0.3 is 14.2 Å². The first-order chi connectivity index (χ1) is 35.5. The fourth-order valence-electron chi connectivity index (χ4n) is 10.4. The van der Waals surface area contributed by atoms with E-state index < -0.39 is 6.10 Å². The fraction of sp³-hybridized carbons (Fsp3) is 0.955. The maximum Gasteiger partial charge on any atom is 0.306 e. The zero-order valence-electron chi connectivity index (χ0n) is 49.2. The molecule has 0 aromatic heterocycles. The summed E-state index contributed by atoms with van der Waals surface area (Å²) in [5.41, 5.74) is 0. The predicted octanol–water partition coefficient (Wildman–Crippen LogP) is 22.3. The molecule has 0 spiro atoms. The van der Waals surface area contributed by atoms with E-state index in [-0.39, 0.29) is 31.1 Å². The van der Waals surface area contributed by atoms with E-state index in [1.54, 1.807) is 0 Å². The van der Waals surface area contributed by atoms with Crippen LogP contribution in [0.5, 0.6) is 0 Å². The first kappa shape index (κ1) is 70.4. The third kappa shape index (κ3) is 59.3. The molecule has 0 rings (SSSR count). The van der Waals surface area contributed by atoms with Crippen molar-refractivity contribution in [3.63, 3.8) is 0 Å². The predicted molar refractivity (Wildman–Crippen MR) is 312 cm³/mol. The molecule has 0 N–H and O–H groups in total. The highest BCUT2D eigenvalue weighted by Crippen LogP contribution is 2.19. The Labute approximate surface area is 450 Å². The smallest absolute Gasteiger partial charge is 0.306 e. The van der Waals surface area contributed by atoms with Gasteiger partial charge in [-0.15, -0.1) is 0 Å². The van der Waals surface area contributed by atoms with Crippen molar-refractivity contribution in [1.29, 1.82) is 0 Å². The number of carbonyl (C=O) groups excluding carboxylic acids is 3. The summed E-state index contributed by atoms with van der Waals surface area (Å²) in [5.74, 6) is -0.821. The number of hydrogen-bond acceptors (Lipinski definition) is 6. The zero-order chi connectivity index (χ0) is 52.2. The second-order valence-corrected chi connectivity index (χ2v) is 22.8. The van der Waals surface area contributed by atoms with Gasteiger partial charge in [0.15, 0.2) is 6.10 Å². The van der Waals surface area contributed by atoms with Gasteiger partial charge in [0, 0.05) is 19.3 Å². The van der Waals surface area contributed by atoms with Crippen LogP contribution >= 0.6 is 0 Å². The fourth-order valence-corrected chi connectivity index (χ4v) is 10.4. The maximum atomic E-state index is 12.9. The summed E-state index contributed by atoms with van der Waals surface area (Å²) < 4.78 is 17.0. The molecule has 0 amide bonds. The Kier molecular flexibility index (Phi) is 60.6. The average Bonchev–Trinajstić information content (AvgIpc) is 3.38. The van der Waals surface area contributed by atoms with E-state index in [4.69, 9.17) is 14.2 Å². The van der Waals surface area contributed by atoms with Crippen LogP contribution in [0.2, 0.25) is 0 Å². The summed E-state index contributed by atoms with van der Waals surface area (Å²) >= 11 is 0. The molecule has 0 aromatic rings. The largest absolute Gasteiger partial charge is 0.462 e. The number of unbranched alkanes of at least 4 members (excludes halogenated alkanes) is 51. The van der Waals surface area contributed by atoms with E-state index >= 15 is 0 Å². The first-order valence-electron chi connectivity index (χ1n) is 33.0. The monoisotopic (exact) mass is 1020 g/mol. The molecule has 0 radical (unpaired) electrons. The first-order valence-corrected chi connectivity index (χ1v) is 33.0. The standard InChI is InChI=1S/C66H128O6/c1-4-7-10-13-16-19-22-25-28-31-33-36-39-42-45-48-51-54-57-60-66(69)72-63(61-70-64(67)58-55-52-49-46-43-40-37-34-30-27-24-21-18-15-12-9-6-3)62-71-65(68)59-56-53-50-47-44-41-38-35-32-29-26-23-20-17-14-11-8-5-2/h63H,4-62H2,1-3H3/t63-/m1/s1. The molecule has 6 heteroatoms. The van der Waals surface area contributed by atoms with Gasteiger partial charge >= 0.3 is 17.9 Å². The van der Waals surface area contributed by atoms with Crippen LogP contribution in [0.15, 0.2) is 0 Å². The molecule has 1 atom stereocenters. The van der Waals surface area contributed by atoms with E-state index in [0.717, 1.165) is 57.8 Å². The molecule has 0 saturated heterocycles. The van der Waals surface area contributed by atoms with E-state index in [1.807, 2.05) is 0 Å². The van der Waals surface area contributed by atoms with E-state index in [1.165, 1.54) is 289 Å². The molecule has 0 bridgehead atoms. The summed E-state index contributed by atoms with van der Waals surface area (Å²) in [7, 11) is 0. The van der Waals surface area contributed by atoms with Crippen LogP contribution in [0.1, 0.15) is 387 Å². The quantitative estimate of drug-likeness (QED) is 0.0343. The number of hydrogen-bond donors (Lipinski definition) is 0. The average molecular weight is 1020 g/mol. The third-order valence-electron chi connectivity index (χ3n) is 15.4. The van der Waals surface area contributed by atoms with Crippen LogP contribution in [0, 0.1) is 0 Å². The van der Waals surface area contributed by atoms with Gasteiger partial charge in [-0.1, -0.05) is 348 Å². The van der Waals surface area contributed by atoms with Crippen LogP contribution in [0.25, 0.3) is 0 Å². The summed E-state index contributed by atoms with van der Waals surface area (Å²) in [5, 5.41) is 0. The Morgan fingerprint density at radius 3 is 0.556 bits per heavy atom. The molecule has 428 valence electrons. The van der Waals surface area contributed by atoms with Crippen LogP contribution in [0.4, 0.5) is 0 Å². The molecule has 0 aliphatic heterocycles. The molecule has 0 fully saturated rings. The topological polar surface area (TPSA) is 78.9 Å². The van der Waals surface area contributed by atoms with Gasteiger partial charge in [-0.3, -0.25) is 14.4 Å². The molecule has 0 saturated carbocycles. The molecule has 0 aromatic carbocycles. The minimum Gasteiger partial charge on any atom is -0.462 e. The van der Waals surface area contributed by atoms with Gasteiger partial charge in [-0.05, 0) is 19.3 Å². The summed E-state index contributed by atoms with van der Waals surface area (Å²) in [4.78, 5) is 38.4. The van der Waals surface area contributed by atoms with Crippen LogP contribution in [-0.2, 0) is 28.6 Å². The lowest BCUT2D eigenvalue weighted by Crippen LogP contribution is -2.30. The van der Waals surface area contributed by atoms with Gasteiger partial charge in [-0.25, -0.2) is 0 Å². The van der Waals surface area contributed by atoms with Crippen molar-refractivity contribution in [2.24, 2.45) is 0 Å². The van der Waals surface area contributed by atoms with Gasteiger partial charge in [0.05, 0.1) is 0 Å². The Hall–Kier alpha value is -1.59. The third-order valence-corrected chi connectivity index (χ3v) is 15.4. The Bertz CT molecular complexity index is 1080. The number of ether oxygens (including phenoxy) is 3. The molecule has 6 nitrogen and oxygen atoms in total. The molecule has 0 aliphatic carbocycles. The van der Waals surface area contributed by atoms with Crippen molar-refractivity contribution in [2.45, 2.75) is 393 Å². The van der Waals surface area contributed by atoms with Crippen molar-refractivity contribution in [2.75, 3.05) is 13.2 Å². The summed E-state index contributed by atoms with van der Waals surface area (Å²) in [6, 6.07) is 0. The lowest BCUT2D eigenvalue weighted by Gasteiger charge is -2.18. The van der Waals surface area contributed by atoms with E-state index in [0.29, 0.717) is 19.3 Å². The molecular weight excluding hydrogens is 889 g/mol. The van der Waals surface area contributed by atoms with Crippen molar-refractivity contribution in [3.8, 4) is 0 Å². The highest BCUT2D eigenvalue weighted by atomic mass is 16.6. The van der Waals surface area contributed by atoms with Crippen molar-refractivity contribution >= 4 is 17.9 Å². The summed E-state index contributed by atoms with van der Waals surface area (Å²) in [6.45, 7) is 6.74. The highest BCUT2D eigenvalue weighted by Gasteiger charge is 2.19. The van der Waals surface area contributed by atoms with Gasteiger partial charge in [-0.2, -0.15) is 0 Å². The molecule has 0 unspecified atom stereocenters. The minimum atomic E-state index is -0.762. The van der Waals surface area contributed by atoms with Crippen LogP contribution in [-0.4, -0.2) is 37.2 Å². The van der Waals surface area contributed by atoms with Crippen molar-refractivity contribution in [1.82, 2.24) is 0 Å². The van der Waals surface area contributed by atoms with Crippen LogP contribution < -0.4 is 0 Å². The van der Waals surface area contributed by atoms with E-state index in [2.05, 4.69) is 20.8 Å². The van der Waals surface area contributed by atoms with Crippen molar-refractivity contribution in [3.05, 3.63) is 0 Å². The Balaban J connectivity index is 4.28. The highest BCUT2D eigenvalue weighted by molar-refractivity contribution is 5.71. The van der Waals surface area contributed by atoms with Gasteiger partial charge in [0.1, 0.15) is 13.2 Å². The van der Waals surface area contributed by atoms with Crippen molar-refractivity contribution < 1.29 is 28.6 Å². The zero-order valence-corrected chi connectivity index (χ0v) is 49.2. The number of esters is 3. The molecule has 72 heavy (non-hydrogen) atoms. The number of rotatable bonds is 62. The SMILES string of the molecule is CCCCCCCCCCCCCCCCCCCCCC(=O)O[C@H](COC(=O)CCCCCCCCCCCCCCCCCCC)COC(=O)CCCCCCCCCCCCCCCCCCCC.